The van der Waals surface area contributed by atoms with Gasteiger partial charge in [0.2, 0.25) is 0 Å². The molecule has 0 spiro atoms. The van der Waals surface area contributed by atoms with E-state index in [0.717, 1.165) is 29.5 Å². The van der Waals surface area contributed by atoms with Crippen LogP contribution in [0, 0.1) is 6.92 Å². The van der Waals surface area contributed by atoms with Crippen molar-refractivity contribution >= 4 is 23.1 Å². The van der Waals surface area contributed by atoms with Gasteiger partial charge in [0.1, 0.15) is 5.84 Å². The maximum absolute atomic E-state index is 5.94. The molecule has 0 aromatic heterocycles. The largest absolute Gasteiger partial charge is 0.324 e. The lowest BCUT2D eigenvalue weighted by Gasteiger charge is -2.21. The van der Waals surface area contributed by atoms with Crippen LogP contribution in [-0.4, -0.2) is 18.9 Å². The molecule has 2 aromatic carbocycles. The van der Waals surface area contributed by atoms with Crippen molar-refractivity contribution < 1.29 is 0 Å². The Morgan fingerprint density at radius 1 is 1.05 bits per heavy atom. The van der Waals surface area contributed by atoms with Crippen LogP contribution in [0.25, 0.3) is 0 Å². The summed E-state index contributed by atoms with van der Waals surface area (Å²) in [6, 6.07) is 16.4. The number of hydrogen-bond donors (Lipinski definition) is 0. The molecule has 21 heavy (non-hydrogen) atoms. The second-order valence-electron chi connectivity index (χ2n) is 4.70. The van der Waals surface area contributed by atoms with Gasteiger partial charge in [0, 0.05) is 22.8 Å². The first-order valence-electron chi connectivity index (χ1n) is 7.38. The lowest BCUT2D eigenvalue weighted by atomic mass is 10.1. The third-order valence-electron chi connectivity index (χ3n) is 3.26. The second kappa shape index (κ2) is 7.28. The first kappa shape index (κ1) is 15.6. The molecule has 1 aliphatic heterocycles. The summed E-state index contributed by atoms with van der Waals surface area (Å²) >= 11 is 5.94. The highest BCUT2D eigenvalue weighted by molar-refractivity contribution is 6.30. The van der Waals surface area contributed by atoms with Crippen LogP contribution in [0.4, 0.5) is 5.69 Å². The molecule has 0 bridgehead atoms. The Morgan fingerprint density at radius 3 is 2.43 bits per heavy atom. The topological polar surface area (TPSA) is 15.6 Å². The van der Waals surface area contributed by atoms with Crippen LogP contribution in [0.15, 0.2) is 53.5 Å². The van der Waals surface area contributed by atoms with Gasteiger partial charge in [0.05, 0.1) is 6.54 Å². The highest BCUT2D eigenvalue weighted by Gasteiger charge is 2.19. The summed E-state index contributed by atoms with van der Waals surface area (Å²) in [4.78, 5) is 6.88. The fourth-order valence-corrected chi connectivity index (χ4v) is 2.47. The van der Waals surface area contributed by atoms with Gasteiger partial charge in [0.15, 0.2) is 0 Å². The van der Waals surface area contributed by atoms with Gasteiger partial charge in [-0.1, -0.05) is 37.6 Å². The maximum atomic E-state index is 5.94. The molecule has 110 valence electrons. The molecular formula is C18H21ClN2. The zero-order chi connectivity index (χ0) is 15.2. The molecule has 0 saturated heterocycles. The van der Waals surface area contributed by atoms with E-state index in [2.05, 4.69) is 41.1 Å². The molecule has 3 heteroatoms. The van der Waals surface area contributed by atoms with Gasteiger partial charge in [-0.2, -0.15) is 0 Å². The Bertz CT molecular complexity index is 617. The van der Waals surface area contributed by atoms with Crippen molar-refractivity contribution in [3.8, 4) is 0 Å². The van der Waals surface area contributed by atoms with Gasteiger partial charge in [-0.05, 0) is 48.9 Å². The molecule has 1 heterocycles. The fourth-order valence-electron chi connectivity index (χ4n) is 2.34. The van der Waals surface area contributed by atoms with Crippen LogP contribution in [0.3, 0.4) is 0 Å². The van der Waals surface area contributed by atoms with E-state index in [9.17, 15) is 0 Å². The minimum absolute atomic E-state index is 0.754. The second-order valence-corrected chi connectivity index (χ2v) is 5.14. The summed E-state index contributed by atoms with van der Waals surface area (Å²) < 4.78 is 0. The number of aryl methyl sites for hydroxylation is 1. The Labute approximate surface area is 132 Å². The Kier molecular flexibility index (Phi) is 5.40. The predicted molar refractivity (Wildman–Crippen MR) is 92.7 cm³/mol. The summed E-state index contributed by atoms with van der Waals surface area (Å²) in [5.74, 6) is 1.03. The quantitative estimate of drug-likeness (QED) is 0.767. The average molecular weight is 301 g/mol. The summed E-state index contributed by atoms with van der Waals surface area (Å²) in [6.45, 7) is 7.88. The number of benzene rings is 2. The van der Waals surface area contributed by atoms with E-state index in [4.69, 9.17) is 11.6 Å². The van der Waals surface area contributed by atoms with Crippen LogP contribution in [-0.2, 0) is 0 Å². The summed E-state index contributed by atoms with van der Waals surface area (Å²) in [5.41, 5.74) is 3.58. The summed E-state index contributed by atoms with van der Waals surface area (Å²) in [6.07, 6.45) is 0. The Morgan fingerprint density at radius 2 is 1.76 bits per heavy atom. The fraction of sp³-hybridized carbons (Fsp3) is 0.278. The number of amidine groups is 1. The number of nitrogens with zero attached hydrogens (tertiary/aromatic N) is 2. The van der Waals surface area contributed by atoms with Crippen LogP contribution >= 0.6 is 11.6 Å². The van der Waals surface area contributed by atoms with Crippen molar-refractivity contribution in [2.45, 2.75) is 20.8 Å². The van der Waals surface area contributed by atoms with Crippen LogP contribution in [0.1, 0.15) is 25.0 Å². The molecule has 0 fully saturated rings. The molecule has 0 N–H and O–H groups in total. The molecule has 0 atom stereocenters. The Hall–Kier alpha value is -1.80. The number of aliphatic imine (C=N–C) groups is 1. The molecule has 2 aromatic rings. The Balaban J connectivity index is 0.000000774. The van der Waals surface area contributed by atoms with Gasteiger partial charge < -0.3 is 4.90 Å². The highest BCUT2D eigenvalue weighted by atomic mass is 35.5. The molecule has 2 nitrogen and oxygen atoms in total. The zero-order valence-electron chi connectivity index (χ0n) is 12.8. The van der Waals surface area contributed by atoms with E-state index in [1.165, 1.54) is 11.3 Å². The number of hydrogen-bond acceptors (Lipinski definition) is 2. The van der Waals surface area contributed by atoms with E-state index >= 15 is 0 Å². The van der Waals surface area contributed by atoms with Crippen molar-refractivity contribution in [3.05, 3.63) is 64.7 Å². The summed E-state index contributed by atoms with van der Waals surface area (Å²) in [7, 11) is 0. The molecule has 1 aliphatic rings. The van der Waals surface area contributed by atoms with Gasteiger partial charge in [-0.25, -0.2) is 0 Å². The van der Waals surface area contributed by atoms with Gasteiger partial charge in [-0.15, -0.1) is 0 Å². The monoisotopic (exact) mass is 300 g/mol. The molecule has 0 aliphatic carbocycles. The van der Waals surface area contributed by atoms with Crippen LogP contribution in [0.2, 0.25) is 5.02 Å². The first-order valence-corrected chi connectivity index (χ1v) is 7.76. The first-order chi connectivity index (χ1) is 10.2. The minimum Gasteiger partial charge on any atom is -0.324 e. The zero-order valence-corrected chi connectivity index (χ0v) is 13.6. The lowest BCUT2D eigenvalue weighted by molar-refractivity contribution is 1.02. The third kappa shape index (κ3) is 3.64. The smallest absolute Gasteiger partial charge is 0.135 e. The van der Waals surface area contributed by atoms with E-state index in [1.54, 1.807) is 0 Å². The molecule has 0 unspecified atom stereocenters. The van der Waals surface area contributed by atoms with Gasteiger partial charge >= 0.3 is 0 Å². The maximum Gasteiger partial charge on any atom is 0.135 e. The van der Waals surface area contributed by atoms with Crippen LogP contribution in [0.5, 0.6) is 0 Å². The van der Waals surface area contributed by atoms with Gasteiger partial charge in [-0.3, -0.25) is 4.99 Å². The number of anilines is 1. The summed E-state index contributed by atoms with van der Waals surface area (Å²) in [5, 5.41) is 0.754. The standard InChI is InChI=1S/C16H15ClN2.C2H6/c1-12-3-2-4-15(11-12)19-10-9-18-16(19)13-5-7-14(17)8-6-13;1-2/h2-8,11H,9-10H2,1H3;1-2H3. The van der Waals surface area contributed by atoms with Crippen molar-refractivity contribution in [2.75, 3.05) is 18.0 Å². The molecule has 0 saturated carbocycles. The van der Waals surface area contributed by atoms with E-state index < -0.39 is 0 Å². The van der Waals surface area contributed by atoms with Crippen molar-refractivity contribution in [2.24, 2.45) is 4.99 Å². The molecule has 3 rings (SSSR count). The van der Waals surface area contributed by atoms with E-state index in [1.807, 2.05) is 38.1 Å². The van der Waals surface area contributed by atoms with Crippen molar-refractivity contribution in [1.29, 1.82) is 0 Å². The molecular weight excluding hydrogens is 280 g/mol. The number of rotatable bonds is 2. The van der Waals surface area contributed by atoms with Crippen molar-refractivity contribution in [3.63, 3.8) is 0 Å². The SMILES string of the molecule is CC.Cc1cccc(N2CCN=C2c2ccc(Cl)cc2)c1. The number of halogens is 1. The average Bonchev–Trinajstić information content (AvgIpc) is 2.99. The predicted octanol–water partition coefficient (Wildman–Crippen LogP) is 4.94. The molecule has 0 radical (unpaired) electrons. The third-order valence-corrected chi connectivity index (χ3v) is 3.51. The van der Waals surface area contributed by atoms with Gasteiger partial charge in [0.25, 0.3) is 0 Å². The van der Waals surface area contributed by atoms with E-state index in [-0.39, 0.29) is 0 Å². The highest BCUT2D eigenvalue weighted by Crippen LogP contribution is 2.22. The minimum atomic E-state index is 0.754. The van der Waals surface area contributed by atoms with E-state index in [0.29, 0.717) is 0 Å². The normalized spacial score (nSPS) is 13.5. The molecule has 0 amide bonds. The lowest BCUT2D eigenvalue weighted by Crippen LogP contribution is -2.28. The van der Waals surface area contributed by atoms with Crippen LogP contribution < -0.4 is 4.90 Å². The van der Waals surface area contributed by atoms with Crippen molar-refractivity contribution in [1.82, 2.24) is 0 Å².